The molecule has 2 aliphatic rings. The Hall–Kier alpha value is -4.05. The SMILES string of the molecule is CCOc1ccc(C2CC3C(=O)N(Cc4nc(-c5ccc(OC)c(OC)c5)no4)C=CN3N2)cc1. The van der Waals surface area contributed by atoms with Crippen molar-refractivity contribution in [3.8, 4) is 28.6 Å². The second kappa shape index (κ2) is 9.67. The maximum absolute atomic E-state index is 13.2. The fourth-order valence-electron chi connectivity index (χ4n) is 4.30. The van der Waals surface area contributed by atoms with Crippen LogP contribution in [0.1, 0.15) is 30.8 Å². The number of hydrogen-bond acceptors (Lipinski definition) is 9. The number of nitrogens with zero attached hydrogens (tertiary/aromatic N) is 4. The van der Waals surface area contributed by atoms with E-state index in [1.165, 1.54) is 0 Å². The van der Waals surface area contributed by atoms with Crippen LogP contribution in [0.3, 0.4) is 0 Å². The zero-order chi connectivity index (χ0) is 24.4. The van der Waals surface area contributed by atoms with E-state index < -0.39 is 0 Å². The molecule has 35 heavy (non-hydrogen) atoms. The lowest BCUT2D eigenvalue weighted by atomic mass is 10.0. The van der Waals surface area contributed by atoms with E-state index in [1.807, 2.05) is 48.5 Å². The number of methoxy groups -OCH3 is 2. The van der Waals surface area contributed by atoms with Gasteiger partial charge in [-0.05, 0) is 49.2 Å². The van der Waals surface area contributed by atoms with E-state index in [0.29, 0.717) is 36.2 Å². The fraction of sp³-hybridized carbons (Fsp3) is 0.320. The predicted octanol–water partition coefficient (Wildman–Crippen LogP) is 3.29. The molecular weight excluding hydrogens is 450 g/mol. The zero-order valence-electron chi connectivity index (χ0n) is 19.8. The molecule has 0 aliphatic carbocycles. The minimum atomic E-state index is -0.315. The third-order valence-electron chi connectivity index (χ3n) is 6.08. The van der Waals surface area contributed by atoms with Gasteiger partial charge in [0, 0.05) is 18.0 Å². The standard InChI is InChI=1S/C25H27N5O5/c1-4-34-18-8-5-16(6-9-18)19-14-20-25(31)29(11-12-30(20)27-19)15-23-26-24(28-35-23)17-7-10-21(32-2)22(13-17)33-3/h5-13,19-20,27H,4,14-15H2,1-3H3. The van der Waals surface area contributed by atoms with Crippen molar-refractivity contribution in [3.63, 3.8) is 0 Å². The minimum absolute atomic E-state index is 0.0284. The highest BCUT2D eigenvalue weighted by Crippen LogP contribution is 2.33. The van der Waals surface area contributed by atoms with Crippen LogP contribution in [0, 0.1) is 0 Å². The summed E-state index contributed by atoms with van der Waals surface area (Å²) in [6.45, 7) is 2.77. The first-order valence-corrected chi connectivity index (χ1v) is 11.4. The fourth-order valence-corrected chi connectivity index (χ4v) is 4.30. The number of hydrazine groups is 1. The monoisotopic (exact) mass is 477 g/mol. The first kappa shape index (κ1) is 22.7. The third kappa shape index (κ3) is 4.52. The lowest BCUT2D eigenvalue weighted by molar-refractivity contribution is -0.135. The highest BCUT2D eigenvalue weighted by Gasteiger charge is 2.40. The van der Waals surface area contributed by atoms with Gasteiger partial charge in [-0.15, -0.1) is 0 Å². The van der Waals surface area contributed by atoms with Crippen molar-refractivity contribution in [1.82, 2.24) is 25.5 Å². The molecule has 1 N–H and O–H groups in total. The van der Waals surface area contributed by atoms with E-state index in [-0.39, 0.29) is 24.5 Å². The second-order valence-electron chi connectivity index (χ2n) is 8.19. The van der Waals surface area contributed by atoms with E-state index >= 15 is 0 Å². The summed E-state index contributed by atoms with van der Waals surface area (Å²) < 4.78 is 21.6. The lowest BCUT2D eigenvalue weighted by Gasteiger charge is -2.30. The number of fused-ring (bicyclic) bond motifs is 1. The molecule has 1 aromatic heterocycles. The van der Waals surface area contributed by atoms with Gasteiger partial charge in [0.15, 0.2) is 11.5 Å². The maximum atomic E-state index is 13.2. The van der Waals surface area contributed by atoms with Crippen molar-refractivity contribution in [2.24, 2.45) is 0 Å². The number of aromatic nitrogens is 2. The van der Waals surface area contributed by atoms with Crippen molar-refractivity contribution in [2.45, 2.75) is 32.0 Å². The zero-order valence-corrected chi connectivity index (χ0v) is 19.8. The highest BCUT2D eigenvalue weighted by molar-refractivity contribution is 5.84. The van der Waals surface area contributed by atoms with E-state index in [2.05, 4.69) is 15.6 Å². The van der Waals surface area contributed by atoms with Crippen molar-refractivity contribution >= 4 is 5.91 Å². The Balaban J connectivity index is 1.25. The quantitative estimate of drug-likeness (QED) is 0.524. The Morgan fingerprint density at radius 2 is 1.89 bits per heavy atom. The molecule has 1 fully saturated rings. The molecule has 2 unspecified atom stereocenters. The molecule has 2 atom stereocenters. The van der Waals surface area contributed by atoms with Crippen molar-refractivity contribution in [1.29, 1.82) is 0 Å². The number of amides is 1. The molecular formula is C25H27N5O5. The Morgan fingerprint density at radius 3 is 2.63 bits per heavy atom. The summed E-state index contributed by atoms with van der Waals surface area (Å²) in [6, 6.07) is 13.1. The van der Waals surface area contributed by atoms with Gasteiger partial charge in [-0.2, -0.15) is 4.98 Å². The molecule has 182 valence electrons. The van der Waals surface area contributed by atoms with Gasteiger partial charge in [0.25, 0.3) is 5.91 Å². The van der Waals surface area contributed by atoms with Gasteiger partial charge in [-0.25, -0.2) is 5.43 Å². The smallest absolute Gasteiger partial charge is 0.251 e. The number of ether oxygens (including phenoxy) is 3. The molecule has 10 heteroatoms. The second-order valence-corrected chi connectivity index (χ2v) is 8.19. The molecule has 1 amide bonds. The van der Waals surface area contributed by atoms with Gasteiger partial charge >= 0.3 is 0 Å². The Bertz CT molecular complexity index is 1230. The molecule has 3 aromatic rings. The Morgan fingerprint density at radius 1 is 1.09 bits per heavy atom. The molecule has 0 spiro atoms. The van der Waals surface area contributed by atoms with Gasteiger partial charge in [-0.1, -0.05) is 17.3 Å². The molecule has 5 rings (SSSR count). The summed E-state index contributed by atoms with van der Waals surface area (Å²) in [6.07, 6.45) is 4.24. The topological polar surface area (TPSA) is 102 Å². The van der Waals surface area contributed by atoms with E-state index in [4.69, 9.17) is 18.7 Å². The molecule has 0 saturated carbocycles. The Labute approximate surface area is 203 Å². The lowest BCUT2D eigenvalue weighted by Crippen LogP contribution is -2.47. The van der Waals surface area contributed by atoms with Gasteiger partial charge in [0.2, 0.25) is 11.7 Å². The summed E-state index contributed by atoms with van der Waals surface area (Å²) in [4.78, 5) is 19.3. The van der Waals surface area contributed by atoms with Crippen LogP contribution in [0.2, 0.25) is 0 Å². The molecule has 0 bridgehead atoms. The average molecular weight is 478 g/mol. The summed E-state index contributed by atoms with van der Waals surface area (Å²) in [5, 5.41) is 5.93. The van der Waals surface area contributed by atoms with E-state index in [9.17, 15) is 4.79 Å². The van der Waals surface area contributed by atoms with Crippen LogP contribution in [0.5, 0.6) is 17.2 Å². The van der Waals surface area contributed by atoms with Crippen LogP contribution in [-0.2, 0) is 11.3 Å². The van der Waals surface area contributed by atoms with Crippen molar-refractivity contribution in [3.05, 3.63) is 66.3 Å². The number of nitrogens with one attached hydrogen (secondary N) is 1. The number of benzene rings is 2. The normalized spacial score (nSPS) is 19.1. The van der Waals surface area contributed by atoms with E-state index in [0.717, 1.165) is 16.9 Å². The third-order valence-corrected chi connectivity index (χ3v) is 6.08. The van der Waals surface area contributed by atoms with Gasteiger partial charge in [-0.3, -0.25) is 4.79 Å². The summed E-state index contributed by atoms with van der Waals surface area (Å²) in [5.74, 6) is 2.74. The van der Waals surface area contributed by atoms with Crippen molar-refractivity contribution < 1.29 is 23.5 Å². The minimum Gasteiger partial charge on any atom is -0.494 e. The number of hydrogen-bond donors (Lipinski definition) is 1. The van der Waals surface area contributed by atoms with Crippen molar-refractivity contribution in [2.75, 3.05) is 20.8 Å². The average Bonchev–Trinajstić information content (AvgIpc) is 3.54. The molecule has 3 heterocycles. The summed E-state index contributed by atoms with van der Waals surface area (Å²) in [5.41, 5.74) is 5.23. The van der Waals surface area contributed by atoms with Crippen LogP contribution in [-0.4, -0.2) is 52.8 Å². The van der Waals surface area contributed by atoms with Crippen LogP contribution >= 0.6 is 0 Å². The molecule has 1 saturated heterocycles. The summed E-state index contributed by atoms with van der Waals surface area (Å²) in [7, 11) is 3.15. The maximum Gasteiger partial charge on any atom is 0.251 e. The van der Waals surface area contributed by atoms with Crippen LogP contribution in [0.15, 0.2) is 59.4 Å². The van der Waals surface area contributed by atoms with Crippen LogP contribution in [0.4, 0.5) is 0 Å². The van der Waals surface area contributed by atoms with Gasteiger partial charge < -0.3 is 28.6 Å². The largest absolute Gasteiger partial charge is 0.494 e. The Kier molecular flexibility index (Phi) is 6.28. The molecule has 2 aromatic carbocycles. The van der Waals surface area contributed by atoms with Gasteiger partial charge in [0.05, 0.1) is 26.9 Å². The summed E-state index contributed by atoms with van der Waals surface area (Å²) >= 11 is 0. The van der Waals surface area contributed by atoms with E-state index in [1.54, 1.807) is 37.5 Å². The number of rotatable bonds is 8. The molecule has 0 radical (unpaired) electrons. The predicted molar refractivity (Wildman–Crippen MR) is 126 cm³/mol. The van der Waals surface area contributed by atoms with Gasteiger partial charge in [0.1, 0.15) is 18.3 Å². The first-order valence-electron chi connectivity index (χ1n) is 11.4. The number of carbonyl (C=O) groups excluding carboxylic acids is 1. The van der Waals surface area contributed by atoms with Crippen LogP contribution < -0.4 is 19.6 Å². The first-order chi connectivity index (χ1) is 17.1. The highest BCUT2D eigenvalue weighted by atomic mass is 16.5. The van der Waals surface area contributed by atoms with Crippen LogP contribution in [0.25, 0.3) is 11.4 Å². The molecule has 2 aliphatic heterocycles. The number of carbonyl (C=O) groups is 1. The molecule has 10 nitrogen and oxygen atoms in total.